The molecule has 1 heterocycles. The Bertz CT molecular complexity index is 581. The van der Waals surface area contributed by atoms with Gasteiger partial charge < -0.3 is 5.32 Å². The van der Waals surface area contributed by atoms with Crippen molar-refractivity contribution >= 4 is 28.9 Å². The van der Waals surface area contributed by atoms with Crippen LogP contribution < -0.4 is 11.0 Å². The summed E-state index contributed by atoms with van der Waals surface area (Å²) in [5, 5.41) is 4.31. The van der Waals surface area contributed by atoms with Gasteiger partial charge in [0.05, 0.1) is 11.2 Å². The highest BCUT2D eigenvalue weighted by molar-refractivity contribution is 6.30. The zero-order valence-corrected chi connectivity index (χ0v) is 10.9. The Balaban J connectivity index is 1.94. The van der Waals surface area contributed by atoms with Crippen molar-refractivity contribution in [3.63, 3.8) is 0 Å². The number of aromatic nitrogens is 2. The number of benzene rings is 1. The van der Waals surface area contributed by atoms with Crippen molar-refractivity contribution < 1.29 is 0 Å². The first-order chi connectivity index (χ1) is 8.65. The van der Waals surface area contributed by atoms with Gasteiger partial charge >= 0.3 is 5.69 Å². The lowest BCUT2D eigenvalue weighted by molar-refractivity contribution is 0.674. The first-order valence-corrected chi connectivity index (χ1v) is 6.12. The molecule has 0 radical (unpaired) electrons. The van der Waals surface area contributed by atoms with Crippen LogP contribution in [-0.4, -0.2) is 16.1 Å². The molecule has 0 aliphatic rings. The minimum Gasteiger partial charge on any atom is -0.383 e. The second kappa shape index (κ2) is 5.89. The molecule has 18 heavy (non-hydrogen) atoms. The summed E-state index contributed by atoms with van der Waals surface area (Å²) in [6.07, 6.45) is 2.91. The molecule has 94 valence electrons. The summed E-state index contributed by atoms with van der Waals surface area (Å²) in [7, 11) is 0. The summed E-state index contributed by atoms with van der Waals surface area (Å²) >= 11 is 11.6. The van der Waals surface area contributed by atoms with E-state index in [1.54, 1.807) is 18.3 Å². The maximum atomic E-state index is 11.4. The van der Waals surface area contributed by atoms with E-state index in [4.69, 9.17) is 23.2 Å². The van der Waals surface area contributed by atoms with Crippen LogP contribution >= 0.6 is 23.2 Å². The summed E-state index contributed by atoms with van der Waals surface area (Å²) in [5.74, 6) is 0. The number of rotatable bonds is 4. The molecule has 0 bridgehead atoms. The van der Waals surface area contributed by atoms with Crippen molar-refractivity contribution in [2.24, 2.45) is 0 Å². The van der Waals surface area contributed by atoms with E-state index in [1.165, 1.54) is 10.8 Å². The maximum Gasteiger partial charge on any atom is 0.347 e. The van der Waals surface area contributed by atoms with E-state index in [9.17, 15) is 4.79 Å². The fourth-order valence-corrected chi connectivity index (χ4v) is 1.77. The number of nitrogens with zero attached hydrogens (tertiary/aromatic N) is 2. The summed E-state index contributed by atoms with van der Waals surface area (Å²) < 4.78 is 1.46. The van der Waals surface area contributed by atoms with Crippen molar-refractivity contribution in [3.8, 4) is 0 Å². The Morgan fingerprint density at radius 3 is 2.61 bits per heavy atom. The van der Waals surface area contributed by atoms with Crippen LogP contribution in [0.4, 0.5) is 5.69 Å². The maximum absolute atomic E-state index is 11.4. The summed E-state index contributed by atoms with van der Waals surface area (Å²) in [6, 6.07) is 7.36. The van der Waals surface area contributed by atoms with E-state index < -0.39 is 0 Å². The van der Waals surface area contributed by atoms with Gasteiger partial charge in [-0.05, 0) is 24.3 Å². The molecule has 1 N–H and O–H groups in total. The van der Waals surface area contributed by atoms with Gasteiger partial charge in [0, 0.05) is 30.0 Å². The number of hydrogen-bond donors (Lipinski definition) is 1. The molecular formula is C12H11Cl2N3O. The fourth-order valence-electron chi connectivity index (χ4n) is 1.48. The average molecular weight is 284 g/mol. The van der Waals surface area contributed by atoms with Gasteiger partial charge in [-0.3, -0.25) is 4.57 Å². The van der Waals surface area contributed by atoms with Crippen LogP contribution in [0.1, 0.15) is 0 Å². The molecule has 0 spiro atoms. The molecular weight excluding hydrogens is 273 g/mol. The van der Waals surface area contributed by atoms with Crippen LogP contribution in [0.3, 0.4) is 0 Å². The predicted octanol–water partition coefficient (Wildman–Crippen LogP) is 2.66. The molecule has 2 rings (SSSR count). The second-order valence-corrected chi connectivity index (χ2v) is 4.55. The lowest BCUT2D eigenvalue weighted by Crippen LogP contribution is -2.25. The predicted molar refractivity (Wildman–Crippen MR) is 73.4 cm³/mol. The standard InChI is InChI=1S/C12H11Cl2N3O/c13-9-1-3-11(4-2-9)15-5-6-17-8-10(14)7-16-12(17)18/h1-4,7-8,15H,5-6H2. The van der Waals surface area contributed by atoms with E-state index in [-0.39, 0.29) is 5.69 Å². The molecule has 0 unspecified atom stereocenters. The van der Waals surface area contributed by atoms with Crippen molar-refractivity contribution in [3.05, 3.63) is 57.2 Å². The van der Waals surface area contributed by atoms with Crippen molar-refractivity contribution in [1.82, 2.24) is 9.55 Å². The van der Waals surface area contributed by atoms with Gasteiger partial charge in [-0.2, -0.15) is 0 Å². The largest absolute Gasteiger partial charge is 0.383 e. The van der Waals surface area contributed by atoms with E-state index in [2.05, 4.69) is 10.3 Å². The van der Waals surface area contributed by atoms with E-state index in [0.717, 1.165) is 5.69 Å². The summed E-state index contributed by atoms with van der Waals surface area (Å²) in [4.78, 5) is 15.1. The van der Waals surface area contributed by atoms with E-state index in [0.29, 0.717) is 23.1 Å². The SMILES string of the molecule is O=c1ncc(Cl)cn1CCNc1ccc(Cl)cc1. The minimum atomic E-state index is -0.308. The molecule has 1 aromatic carbocycles. The molecule has 0 fully saturated rings. The molecule has 0 atom stereocenters. The van der Waals surface area contributed by atoms with E-state index in [1.807, 2.05) is 12.1 Å². The average Bonchev–Trinajstić information content (AvgIpc) is 2.36. The molecule has 0 saturated carbocycles. The molecule has 0 aliphatic heterocycles. The molecule has 6 heteroatoms. The number of anilines is 1. The second-order valence-electron chi connectivity index (χ2n) is 3.68. The molecule has 0 amide bonds. The summed E-state index contributed by atoms with van der Waals surface area (Å²) in [5.41, 5.74) is 0.639. The fraction of sp³-hybridized carbons (Fsp3) is 0.167. The van der Waals surface area contributed by atoms with Gasteiger partial charge in [0.25, 0.3) is 0 Å². The zero-order valence-electron chi connectivity index (χ0n) is 9.44. The molecule has 0 saturated heterocycles. The Hall–Kier alpha value is -1.52. The van der Waals surface area contributed by atoms with Gasteiger partial charge in [0.2, 0.25) is 0 Å². The van der Waals surface area contributed by atoms with Crippen LogP contribution in [0.5, 0.6) is 0 Å². The van der Waals surface area contributed by atoms with Gasteiger partial charge in [-0.1, -0.05) is 23.2 Å². The first-order valence-electron chi connectivity index (χ1n) is 5.36. The van der Waals surface area contributed by atoms with Crippen molar-refractivity contribution in [1.29, 1.82) is 0 Å². The lowest BCUT2D eigenvalue weighted by Gasteiger charge is -2.08. The Morgan fingerprint density at radius 2 is 1.89 bits per heavy atom. The van der Waals surface area contributed by atoms with Gasteiger partial charge in [-0.25, -0.2) is 9.78 Å². The number of halogens is 2. The monoisotopic (exact) mass is 283 g/mol. The van der Waals surface area contributed by atoms with Crippen LogP contribution in [0.25, 0.3) is 0 Å². The number of nitrogens with one attached hydrogen (secondary N) is 1. The molecule has 4 nitrogen and oxygen atoms in total. The Kier molecular flexibility index (Phi) is 4.23. The quantitative estimate of drug-likeness (QED) is 0.939. The highest BCUT2D eigenvalue weighted by Gasteiger charge is 1.98. The van der Waals surface area contributed by atoms with Crippen LogP contribution in [-0.2, 0) is 6.54 Å². The Labute approximate surface area is 114 Å². The smallest absolute Gasteiger partial charge is 0.347 e. The van der Waals surface area contributed by atoms with Gasteiger partial charge in [0.15, 0.2) is 0 Å². The molecule has 1 aromatic heterocycles. The summed E-state index contributed by atoms with van der Waals surface area (Å²) in [6.45, 7) is 1.10. The normalized spacial score (nSPS) is 10.3. The Morgan fingerprint density at radius 1 is 1.17 bits per heavy atom. The van der Waals surface area contributed by atoms with Crippen molar-refractivity contribution in [2.75, 3.05) is 11.9 Å². The third-order valence-corrected chi connectivity index (χ3v) is 2.80. The van der Waals surface area contributed by atoms with Crippen LogP contribution in [0, 0.1) is 0 Å². The topological polar surface area (TPSA) is 46.9 Å². The third-order valence-electron chi connectivity index (χ3n) is 2.35. The zero-order chi connectivity index (χ0) is 13.0. The molecule has 2 aromatic rings. The third kappa shape index (κ3) is 3.48. The highest BCUT2D eigenvalue weighted by Crippen LogP contribution is 2.12. The van der Waals surface area contributed by atoms with Crippen molar-refractivity contribution in [2.45, 2.75) is 6.54 Å². The van der Waals surface area contributed by atoms with E-state index >= 15 is 0 Å². The van der Waals surface area contributed by atoms with Crippen LogP contribution in [0.2, 0.25) is 10.0 Å². The highest BCUT2D eigenvalue weighted by atomic mass is 35.5. The number of hydrogen-bond acceptors (Lipinski definition) is 3. The van der Waals surface area contributed by atoms with Gasteiger partial charge in [0.1, 0.15) is 0 Å². The van der Waals surface area contributed by atoms with Gasteiger partial charge in [-0.15, -0.1) is 0 Å². The lowest BCUT2D eigenvalue weighted by atomic mass is 10.3. The first kappa shape index (κ1) is 12.9. The van der Waals surface area contributed by atoms with Crippen LogP contribution in [0.15, 0.2) is 41.5 Å². The minimum absolute atomic E-state index is 0.308. The molecule has 0 aliphatic carbocycles.